The van der Waals surface area contributed by atoms with E-state index in [1.165, 1.54) is 4.21 Å². The number of carbonyl (C=O) groups is 1. The van der Waals surface area contributed by atoms with Gasteiger partial charge in [0, 0.05) is 36.0 Å². The van der Waals surface area contributed by atoms with E-state index in [1.807, 2.05) is 33.2 Å². The summed E-state index contributed by atoms with van der Waals surface area (Å²) < 4.78 is 15.7. The lowest BCUT2D eigenvalue weighted by Crippen LogP contribution is -2.28. The molecule has 0 unspecified atom stereocenters. The number of halogens is 1. The Hall–Kier alpha value is -1.48. The lowest BCUT2D eigenvalue weighted by Gasteiger charge is -2.27. The Morgan fingerprint density at radius 2 is 2.25 bits per heavy atom. The van der Waals surface area contributed by atoms with Gasteiger partial charge in [-0.15, -0.1) is 23.1 Å². The topological polar surface area (TPSA) is 43.7 Å². The second kappa shape index (κ2) is 8.10. The molecule has 148 valence electrons. The van der Waals surface area contributed by atoms with Crippen LogP contribution in [-0.2, 0) is 24.1 Å². The highest BCUT2D eigenvalue weighted by Crippen LogP contribution is 2.43. The molecule has 3 aromatic rings. The molecule has 1 aliphatic heterocycles. The smallest absolute Gasteiger partial charge is 0.340 e. The highest BCUT2D eigenvalue weighted by atomic mass is 79.9. The van der Waals surface area contributed by atoms with E-state index in [4.69, 9.17) is 9.47 Å². The van der Waals surface area contributed by atoms with E-state index in [0.717, 1.165) is 38.9 Å². The average Bonchev–Trinajstić information content (AvgIpc) is 3.27. The zero-order valence-corrected chi connectivity index (χ0v) is 19.2. The van der Waals surface area contributed by atoms with Gasteiger partial charge in [0.05, 0.1) is 26.4 Å². The van der Waals surface area contributed by atoms with Gasteiger partial charge in [-0.25, -0.2) is 4.79 Å². The molecule has 0 atom stereocenters. The number of aromatic nitrogens is 1. The minimum Gasteiger partial charge on any atom is -0.477 e. The third-order valence-electron chi connectivity index (χ3n) is 4.80. The fraction of sp³-hybridized carbons (Fsp3) is 0.350. The van der Waals surface area contributed by atoms with Crippen molar-refractivity contribution >= 4 is 55.9 Å². The van der Waals surface area contributed by atoms with Crippen molar-refractivity contribution in [2.75, 3.05) is 20.4 Å². The third kappa shape index (κ3) is 3.47. The van der Waals surface area contributed by atoms with Crippen LogP contribution in [0.3, 0.4) is 0 Å². The quantitative estimate of drug-likeness (QED) is 0.368. The number of thiophene rings is 1. The summed E-state index contributed by atoms with van der Waals surface area (Å²) in [6.07, 6.45) is 0. The predicted octanol–water partition coefficient (Wildman–Crippen LogP) is 5.25. The summed E-state index contributed by atoms with van der Waals surface area (Å²) in [5, 5.41) is 3.00. The van der Waals surface area contributed by atoms with Gasteiger partial charge in [0.15, 0.2) is 0 Å². The first-order chi connectivity index (χ1) is 13.5. The SMILES string of the molecule is CCOC(=O)c1c(CSc2cccs2)n(C)c2cc(Br)c3c(c12)CN(C)CO3. The van der Waals surface area contributed by atoms with Crippen molar-refractivity contribution in [1.29, 1.82) is 0 Å². The zero-order chi connectivity index (χ0) is 19.8. The number of rotatable bonds is 5. The molecule has 0 fully saturated rings. The van der Waals surface area contributed by atoms with Crippen molar-refractivity contribution in [2.24, 2.45) is 7.05 Å². The molecule has 2 aromatic heterocycles. The number of ether oxygens (including phenoxy) is 2. The Bertz CT molecular complexity index is 1030. The van der Waals surface area contributed by atoms with E-state index < -0.39 is 0 Å². The lowest BCUT2D eigenvalue weighted by atomic mass is 10.0. The standard InChI is InChI=1S/C20H21BrN2O3S2/c1-4-25-20(24)18-15(10-28-16-6-5-7-27-16)23(3)14-8-13(21)19-12(17(14)18)9-22(2)11-26-19/h5-8H,4,9-11H2,1-3H3. The van der Waals surface area contributed by atoms with Gasteiger partial charge in [-0.1, -0.05) is 6.07 Å². The van der Waals surface area contributed by atoms with Crippen LogP contribution >= 0.6 is 39.0 Å². The number of nitrogens with zero attached hydrogens (tertiary/aromatic N) is 2. The summed E-state index contributed by atoms with van der Waals surface area (Å²) in [5.74, 6) is 1.25. The molecule has 3 heterocycles. The molecule has 0 saturated heterocycles. The zero-order valence-electron chi connectivity index (χ0n) is 16.0. The van der Waals surface area contributed by atoms with Crippen molar-refractivity contribution in [2.45, 2.75) is 23.4 Å². The fourth-order valence-corrected chi connectivity index (χ4v) is 5.97. The molecular formula is C20H21BrN2O3S2. The van der Waals surface area contributed by atoms with E-state index in [0.29, 0.717) is 24.7 Å². The first kappa shape index (κ1) is 19.8. The molecule has 28 heavy (non-hydrogen) atoms. The molecule has 5 nitrogen and oxygen atoms in total. The van der Waals surface area contributed by atoms with E-state index in [1.54, 1.807) is 23.1 Å². The molecule has 0 bridgehead atoms. The summed E-state index contributed by atoms with van der Waals surface area (Å²) in [7, 11) is 4.03. The summed E-state index contributed by atoms with van der Waals surface area (Å²) in [6.45, 7) is 3.44. The number of thioether (sulfide) groups is 1. The Kier molecular flexibility index (Phi) is 5.73. The van der Waals surface area contributed by atoms with Gasteiger partial charge in [0.2, 0.25) is 0 Å². The molecule has 0 spiro atoms. The number of esters is 1. The predicted molar refractivity (Wildman–Crippen MR) is 117 cm³/mol. The van der Waals surface area contributed by atoms with E-state index >= 15 is 0 Å². The van der Waals surface area contributed by atoms with Crippen LogP contribution in [0.25, 0.3) is 10.9 Å². The lowest BCUT2D eigenvalue weighted by molar-refractivity contribution is 0.0527. The summed E-state index contributed by atoms with van der Waals surface area (Å²) in [4.78, 5) is 15.1. The number of hydrogen-bond acceptors (Lipinski definition) is 6. The maximum Gasteiger partial charge on any atom is 0.340 e. The summed E-state index contributed by atoms with van der Waals surface area (Å²) >= 11 is 7.10. The molecule has 0 saturated carbocycles. The van der Waals surface area contributed by atoms with Gasteiger partial charge < -0.3 is 14.0 Å². The van der Waals surface area contributed by atoms with Crippen LogP contribution in [0.4, 0.5) is 0 Å². The number of fused-ring (bicyclic) bond motifs is 3. The molecule has 0 radical (unpaired) electrons. The molecule has 4 rings (SSSR count). The van der Waals surface area contributed by atoms with Gasteiger partial charge in [-0.2, -0.15) is 0 Å². The molecule has 0 N–H and O–H groups in total. The number of hydrogen-bond donors (Lipinski definition) is 0. The van der Waals surface area contributed by atoms with Gasteiger partial charge in [-0.05, 0) is 47.4 Å². The van der Waals surface area contributed by atoms with Crippen LogP contribution in [-0.4, -0.2) is 35.8 Å². The molecule has 0 aliphatic carbocycles. The van der Waals surface area contributed by atoms with Crippen molar-refractivity contribution in [3.05, 3.63) is 44.9 Å². The van der Waals surface area contributed by atoms with Crippen LogP contribution in [0, 0.1) is 0 Å². The second-order valence-corrected chi connectivity index (χ2v) is 9.75. The van der Waals surface area contributed by atoms with Gasteiger partial charge in [-0.3, -0.25) is 4.90 Å². The highest BCUT2D eigenvalue weighted by molar-refractivity contribution is 9.10. The molecule has 1 aliphatic rings. The minimum atomic E-state index is -0.271. The monoisotopic (exact) mass is 480 g/mol. The van der Waals surface area contributed by atoms with Crippen LogP contribution in [0.15, 0.2) is 32.3 Å². The number of benzene rings is 1. The Balaban J connectivity index is 1.92. The Morgan fingerprint density at radius 3 is 2.96 bits per heavy atom. The average molecular weight is 481 g/mol. The van der Waals surface area contributed by atoms with Gasteiger partial charge in [0.1, 0.15) is 12.5 Å². The van der Waals surface area contributed by atoms with E-state index in [9.17, 15) is 4.79 Å². The largest absolute Gasteiger partial charge is 0.477 e. The van der Waals surface area contributed by atoms with Gasteiger partial charge >= 0.3 is 5.97 Å². The summed E-state index contributed by atoms with van der Waals surface area (Å²) in [6, 6.07) is 6.19. The Labute approximate surface area is 180 Å². The minimum absolute atomic E-state index is 0.271. The summed E-state index contributed by atoms with van der Waals surface area (Å²) in [5.41, 5.74) is 3.67. The number of aryl methyl sites for hydroxylation is 1. The number of carbonyl (C=O) groups excluding carboxylic acids is 1. The first-order valence-corrected chi connectivity index (χ1v) is 11.6. The van der Waals surface area contributed by atoms with Crippen molar-refractivity contribution in [3.63, 3.8) is 0 Å². The molecule has 8 heteroatoms. The first-order valence-electron chi connectivity index (χ1n) is 8.98. The third-order valence-corrected chi connectivity index (χ3v) is 7.53. The molecular weight excluding hydrogens is 460 g/mol. The Morgan fingerprint density at radius 1 is 1.43 bits per heavy atom. The molecule has 1 aromatic carbocycles. The van der Waals surface area contributed by atoms with Crippen molar-refractivity contribution < 1.29 is 14.3 Å². The van der Waals surface area contributed by atoms with Crippen molar-refractivity contribution in [3.8, 4) is 5.75 Å². The second-order valence-electron chi connectivity index (χ2n) is 6.67. The normalized spacial score (nSPS) is 14.1. The van der Waals surface area contributed by atoms with Crippen LogP contribution < -0.4 is 4.74 Å². The highest BCUT2D eigenvalue weighted by Gasteiger charge is 2.29. The molecule has 0 amide bonds. The van der Waals surface area contributed by atoms with E-state index in [2.05, 4.69) is 36.8 Å². The fourth-order valence-electron chi connectivity index (χ4n) is 3.55. The maximum atomic E-state index is 13.0. The van der Waals surface area contributed by atoms with Crippen LogP contribution in [0.2, 0.25) is 0 Å². The van der Waals surface area contributed by atoms with Crippen molar-refractivity contribution in [1.82, 2.24) is 9.47 Å². The van der Waals surface area contributed by atoms with Crippen LogP contribution in [0.1, 0.15) is 28.5 Å². The van der Waals surface area contributed by atoms with E-state index in [-0.39, 0.29) is 5.97 Å². The van der Waals surface area contributed by atoms with Crippen LogP contribution in [0.5, 0.6) is 5.75 Å². The maximum absolute atomic E-state index is 13.0. The van der Waals surface area contributed by atoms with Gasteiger partial charge in [0.25, 0.3) is 0 Å².